The van der Waals surface area contributed by atoms with Crippen LogP contribution < -0.4 is 0 Å². The van der Waals surface area contributed by atoms with E-state index >= 15 is 0 Å². The van der Waals surface area contributed by atoms with E-state index in [0.29, 0.717) is 0 Å². The van der Waals surface area contributed by atoms with Gasteiger partial charge in [-0.1, -0.05) is 5.57 Å². The van der Waals surface area contributed by atoms with Crippen molar-refractivity contribution in [3.8, 4) is 0 Å². The molecule has 0 spiro atoms. The van der Waals surface area contributed by atoms with Crippen LogP contribution in [0.2, 0.25) is 0 Å². The molecule has 0 aromatic heterocycles. The highest BCUT2D eigenvalue weighted by Crippen LogP contribution is 1.85. The fourth-order valence-corrected chi connectivity index (χ4v) is 0.208. The van der Waals surface area contributed by atoms with Crippen molar-refractivity contribution in [2.45, 2.75) is 13.8 Å². The van der Waals surface area contributed by atoms with Gasteiger partial charge < -0.3 is 0 Å². The third kappa shape index (κ3) is 5.54. The molecule has 0 fully saturated rings. The van der Waals surface area contributed by atoms with E-state index in [0.717, 1.165) is 5.57 Å². The molecule has 2 heteroatoms. The zero-order valence-corrected chi connectivity index (χ0v) is 5.25. The number of aliphatic imine (C=N–C) groups is 1. The van der Waals surface area contributed by atoms with E-state index < -0.39 is 0 Å². The predicted octanol–water partition coefficient (Wildman–Crippen LogP) is 2.01. The SMILES string of the molecule is CC(C)=CN=C=S. The van der Waals surface area contributed by atoms with Crippen LogP contribution in [0.1, 0.15) is 13.8 Å². The molecule has 0 radical (unpaired) electrons. The predicted molar refractivity (Wildman–Crippen MR) is 34.5 cm³/mol. The Morgan fingerprint density at radius 2 is 2.29 bits per heavy atom. The Morgan fingerprint density at radius 1 is 1.71 bits per heavy atom. The Labute approximate surface area is 48.8 Å². The van der Waals surface area contributed by atoms with Gasteiger partial charge in [-0.15, -0.1) is 0 Å². The molecule has 0 N–H and O–H groups in total. The van der Waals surface area contributed by atoms with Crippen LogP contribution in [0.15, 0.2) is 16.8 Å². The highest BCUT2D eigenvalue weighted by molar-refractivity contribution is 7.78. The Kier molecular flexibility index (Phi) is 3.48. The van der Waals surface area contributed by atoms with Crippen molar-refractivity contribution in [3.05, 3.63) is 11.8 Å². The second-order valence-corrected chi connectivity index (χ2v) is 1.61. The van der Waals surface area contributed by atoms with Gasteiger partial charge in [-0.25, -0.2) is 4.99 Å². The number of nitrogens with zero attached hydrogens (tertiary/aromatic N) is 1. The minimum absolute atomic E-state index is 1.14. The minimum Gasteiger partial charge on any atom is -0.203 e. The summed E-state index contributed by atoms with van der Waals surface area (Å²) in [7, 11) is 0. The molecule has 0 aliphatic carbocycles. The molecule has 0 rings (SSSR count). The summed E-state index contributed by atoms with van der Waals surface area (Å²) in [6.07, 6.45) is 1.67. The van der Waals surface area contributed by atoms with Gasteiger partial charge in [0.15, 0.2) is 0 Å². The number of isothiocyanates is 1. The van der Waals surface area contributed by atoms with E-state index in [1.165, 1.54) is 0 Å². The van der Waals surface area contributed by atoms with Gasteiger partial charge in [0.05, 0.1) is 5.16 Å². The standard InChI is InChI=1S/C5H7NS/c1-5(2)3-6-4-7/h3H,1-2H3. The van der Waals surface area contributed by atoms with E-state index in [1.807, 2.05) is 13.8 Å². The van der Waals surface area contributed by atoms with Crippen LogP contribution in [0.4, 0.5) is 0 Å². The van der Waals surface area contributed by atoms with E-state index in [9.17, 15) is 0 Å². The third-order valence-electron chi connectivity index (χ3n) is 0.375. The topological polar surface area (TPSA) is 12.4 Å². The molecule has 38 valence electrons. The zero-order valence-electron chi connectivity index (χ0n) is 4.43. The highest BCUT2D eigenvalue weighted by Gasteiger charge is 1.66. The second-order valence-electron chi connectivity index (χ2n) is 1.43. The maximum atomic E-state index is 4.31. The molecule has 0 atom stereocenters. The molecule has 0 aromatic rings. The molecular formula is C5H7NS. The number of thiocarbonyl (C=S) groups is 1. The fraction of sp³-hybridized carbons (Fsp3) is 0.400. The molecule has 0 aliphatic heterocycles. The van der Waals surface area contributed by atoms with Crippen molar-refractivity contribution >= 4 is 17.4 Å². The van der Waals surface area contributed by atoms with E-state index in [4.69, 9.17) is 0 Å². The lowest BCUT2D eigenvalue weighted by Gasteiger charge is -1.75. The molecule has 0 heterocycles. The van der Waals surface area contributed by atoms with E-state index in [1.54, 1.807) is 6.20 Å². The van der Waals surface area contributed by atoms with Crippen molar-refractivity contribution in [3.63, 3.8) is 0 Å². The quantitative estimate of drug-likeness (QED) is 0.374. The van der Waals surface area contributed by atoms with Crippen LogP contribution >= 0.6 is 12.2 Å². The molecule has 0 aliphatic rings. The first kappa shape index (κ1) is 6.54. The monoisotopic (exact) mass is 113 g/mol. The maximum Gasteiger partial charge on any atom is 0.0634 e. The number of hydrogen-bond acceptors (Lipinski definition) is 2. The van der Waals surface area contributed by atoms with Gasteiger partial charge in [-0.2, -0.15) is 0 Å². The zero-order chi connectivity index (χ0) is 5.70. The summed E-state index contributed by atoms with van der Waals surface area (Å²) in [4.78, 5) is 3.57. The van der Waals surface area contributed by atoms with Gasteiger partial charge in [0.1, 0.15) is 0 Å². The van der Waals surface area contributed by atoms with Crippen LogP contribution in [0.25, 0.3) is 0 Å². The Bertz CT molecular complexity index is 116. The smallest absolute Gasteiger partial charge is 0.0634 e. The summed E-state index contributed by atoms with van der Waals surface area (Å²) < 4.78 is 0. The van der Waals surface area contributed by atoms with Crippen LogP contribution in [0.3, 0.4) is 0 Å². The summed E-state index contributed by atoms with van der Waals surface area (Å²) in [6.45, 7) is 3.91. The van der Waals surface area contributed by atoms with Crippen molar-refractivity contribution in [2.24, 2.45) is 4.99 Å². The van der Waals surface area contributed by atoms with Crippen LogP contribution in [0.5, 0.6) is 0 Å². The molecule has 0 amide bonds. The number of rotatable bonds is 1. The molecule has 0 aromatic carbocycles. The van der Waals surface area contributed by atoms with Gasteiger partial charge in [0.2, 0.25) is 0 Å². The minimum atomic E-state index is 1.14. The average Bonchev–Trinajstić information content (AvgIpc) is 1.61. The fourth-order valence-electron chi connectivity index (χ4n) is 0.155. The third-order valence-corrected chi connectivity index (χ3v) is 0.481. The number of allylic oxidation sites excluding steroid dienone is 1. The van der Waals surface area contributed by atoms with Crippen LogP contribution in [0, 0.1) is 0 Å². The van der Waals surface area contributed by atoms with Gasteiger partial charge >= 0.3 is 0 Å². The highest BCUT2D eigenvalue weighted by atomic mass is 32.1. The molecular weight excluding hydrogens is 106 g/mol. The van der Waals surface area contributed by atoms with Crippen molar-refractivity contribution in [2.75, 3.05) is 0 Å². The summed E-state index contributed by atoms with van der Waals surface area (Å²) >= 11 is 4.31. The summed E-state index contributed by atoms with van der Waals surface area (Å²) in [5.74, 6) is 0. The first-order valence-electron chi connectivity index (χ1n) is 1.97. The average molecular weight is 113 g/mol. The molecule has 0 saturated carbocycles. The van der Waals surface area contributed by atoms with Gasteiger partial charge in [0, 0.05) is 6.20 Å². The largest absolute Gasteiger partial charge is 0.203 e. The Hall–Kier alpha value is -0.460. The van der Waals surface area contributed by atoms with E-state index in [2.05, 4.69) is 22.4 Å². The van der Waals surface area contributed by atoms with Crippen LogP contribution in [-0.2, 0) is 0 Å². The van der Waals surface area contributed by atoms with Crippen molar-refractivity contribution in [1.82, 2.24) is 0 Å². The first-order valence-corrected chi connectivity index (χ1v) is 2.38. The molecule has 1 nitrogen and oxygen atoms in total. The summed E-state index contributed by atoms with van der Waals surface area (Å²) in [5, 5.41) is 2.23. The van der Waals surface area contributed by atoms with Crippen molar-refractivity contribution < 1.29 is 0 Å². The van der Waals surface area contributed by atoms with Gasteiger partial charge in [-0.05, 0) is 26.1 Å². The normalized spacial score (nSPS) is 6.57. The molecule has 7 heavy (non-hydrogen) atoms. The second kappa shape index (κ2) is 3.72. The molecule has 0 unspecified atom stereocenters. The Balaban J connectivity index is 3.69. The lowest BCUT2D eigenvalue weighted by molar-refractivity contribution is 1.34. The molecule has 0 saturated heterocycles. The molecule has 0 bridgehead atoms. The van der Waals surface area contributed by atoms with E-state index in [-0.39, 0.29) is 0 Å². The van der Waals surface area contributed by atoms with Gasteiger partial charge in [-0.3, -0.25) is 0 Å². The summed E-state index contributed by atoms with van der Waals surface area (Å²) in [5.41, 5.74) is 1.14. The van der Waals surface area contributed by atoms with Gasteiger partial charge in [0.25, 0.3) is 0 Å². The van der Waals surface area contributed by atoms with Crippen molar-refractivity contribution in [1.29, 1.82) is 0 Å². The number of hydrogen-bond donors (Lipinski definition) is 0. The summed E-state index contributed by atoms with van der Waals surface area (Å²) in [6, 6.07) is 0. The Morgan fingerprint density at radius 3 is 2.43 bits per heavy atom. The maximum absolute atomic E-state index is 4.31. The van der Waals surface area contributed by atoms with Crippen LogP contribution in [-0.4, -0.2) is 5.16 Å². The first-order chi connectivity index (χ1) is 3.27. The lowest BCUT2D eigenvalue weighted by atomic mass is 10.4. The lowest BCUT2D eigenvalue weighted by Crippen LogP contribution is -1.56.